The van der Waals surface area contributed by atoms with Crippen molar-refractivity contribution >= 4 is 17.2 Å². The molecule has 3 rings (SSSR count). The summed E-state index contributed by atoms with van der Waals surface area (Å²) in [7, 11) is 0. The molecule has 0 spiro atoms. The van der Waals surface area contributed by atoms with Crippen LogP contribution in [0.2, 0.25) is 0 Å². The van der Waals surface area contributed by atoms with Crippen molar-refractivity contribution < 1.29 is 9.21 Å². The zero-order valence-corrected chi connectivity index (χ0v) is 13.7. The van der Waals surface area contributed by atoms with Gasteiger partial charge >= 0.3 is 0 Å². The highest BCUT2D eigenvalue weighted by Crippen LogP contribution is 2.23. The number of nitrogens with one attached hydrogen (secondary N) is 1. The zero-order chi connectivity index (χ0) is 16.1. The summed E-state index contributed by atoms with van der Waals surface area (Å²) in [5, 5.41) is 5.65. The number of thiazole rings is 1. The maximum absolute atomic E-state index is 12.3. The Morgan fingerprint density at radius 1 is 1.26 bits per heavy atom. The first-order valence-electron chi connectivity index (χ1n) is 7.56. The van der Waals surface area contributed by atoms with Gasteiger partial charge in [0.15, 0.2) is 0 Å². The Balaban J connectivity index is 1.57. The second-order valence-corrected chi connectivity index (χ2v) is 6.25. The Labute approximate surface area is 139 Å². The van der Waals surface area contributed by atoms with Gasteiger partial charge < -0.3 is 9.73 Å². The maximum atomic E-state index is 12.3. The number of hydrogen-bond donors (Lipinski definition) is 1. The molecule has 4 nitrogen and oxygen atoms in total. The topological polar surface area (TPSA) is 55.1 Å². The number of rotatable bonds is 6. The van der Waals surface area contributed by atoms with Gasteiger partial charge in [-0.05, 0) is 25.5 Å². The molecule has 0 radical (unpaired) electrons. The Morgan fingerprint density at radius 3 is 2.83 bits per heavy atom. The number of carbonyl (C=O) groups excluding carboxylic acids is 1. The molecule has 0 bridgehead atoms. The van der Waals surface area contributed by atoms with E-state index in [2.05, 4.69) is 10.3 Å². The smallest absolute Gasteiger partial charge is 0.270 e. The number of furan rings is 1. The van der Waals surface area contributed by atoms with Crippen LogP contribution in [0.4, 0.5) is 0 Å². The van der Waals surface area contributed by atoms with E-state index in [4.69, 9.17) is 4.42 Å². The molecule has 0 saturated carbocycles. The molecular weight excluding hydrogens is 308 g/mol. The lowest BCUT2D eigenvalue weighted by atomic mass is 10.1. The molecule has 23 heavy (non-hydrogen) atoms. The molecule has 1 aromatic carbocycles. The first kappa shape index (κ1) is 15.5. The van der Waals surface area contributed by atoms with E-state index in [0.717, 1.165) is 29.2 Å². The van der Waals surface area contributed by atoms with Crippen molar-refractivity contribution in [1.82, 2.24) is 10.3 Å². The summed E-state index contributed by atoms with van der Waals surface area (Å²) in [5.74, 6) is 0.807. The summed E-state index contributed by atoms with van der Waals surface area (Å²) in [5.41, 5.74) is 1.50. The summed E-state index contributed by atoms with van der Waals surface area (Å²) in [4.78, 5) is 16.7. The van der Waals surface area contributed by atoms with E-state index >= 15 is 0 Å². The lowest BCUT2D eigenvalue weighted by Gasteiger charge is -2.11. The van der Waals surface area contributed by atoms with Gasteiger partial charge in [-0.1, -0.05) is 30.3 Å². The molecule has 0 saturated heterocycles. The lowest BCUT2D eigenvalue weighted by Crippen LogP contribution is -2.33. The Hall–Kier alpha value is -2.40. The van der Waals surface area contributed by atoms with E-state index in [1.165, 1.54) is 11.3 Å². The summed E-state index contributed by atoms with van der Waals surface area (Å²) >= 11 is 1.48. The lowest BCUT2D eigenvalue weighted by molar-refractivity contribution is 0.0934. The average molecular weight is 326 g/mol. The van der Waals surface area contributed by atoms with Crippen LogP contribution in [0.25, 0.3) is 10.6 Å². The van der Waals surface area contributed by atoms with Crippen molar-refractivity contribution in [2.24, 2.45) is 0 Å². The third-order valence-electron chi connectivity index (χ3n) is 3.54. The third kappa shape index (κ3) is 4.07. The number of benzene rings is 1. The van der Waals surface area contributed by atoms with Crippen molar-refractivity contribution in [2.45, 2.75) is 25.8 Å². The minimum atomic E-state index is -0.129. The second kappa shape index (κ2) is 7.24. The second-order valence-electron chi connectivity index (χ2n) is 5.40. The number of carbonyl (C=O) groups is 1. The molecule has 1 amide bonds. The van der Waals surface area contributed by atoms with Crippen LogP contribution in [-0.2, 0) is 6.42 Å². The van der Waals surface area contributed by atoms with Crippen molar-refractivity contribution in [1.29, 1.82) is 0 Å². The van der Waals surface area contributed by atoms with Crippen LogP contribution in [0.3, 0.4) is 0 Å². The van der Waals surface area contributed by atoms with Gasteiger partial charge in [0.2, 0.25) is 0 Å². The highest BCUT2D eigenvalue weighted by atomic mass is 32.1. The van der Waals surface area contributed by atoms with E-state index in [-0.39, 0.29) is 11.9 Å². The molecule has 0 aliphatic carbocycles. The standard InChI is InChI=1S/C18H18N2O2S/c1-13(9-10-15-8-5-11-22-15)19-17(21)16-12-23-18(20-16)14-6-3-2-4-7-14/h2-8,11-13H,9-10H2,1H3,(H,19,21). The number of hydrogen-bond acceptors (Lipinski definition) is 4. The van der Waals surface area contributed by atoms with Crippen LogP contribution in [0.1, 0.15) is 29.6 Å². The Kier molecular flexibility index (Phi) is 4.88. The van der Waals surface area contributed by atoms with E-state index in [9.17, 15) is 4.79 Å². The molecule has 1 unspecified atom stereocenters. The summed E-state index contributed by atoms with van der Waals surface area (Å²) in [6.45, 7) is 1.99. The summed E-state index contributed by atoms with van der Waals surface area (Å²) in [6.07, 6.45) is 3.30. The fourth-order valence-corrected chi connectivity index (χ4v) is 3.08. The van der Waals surface area contributed by atoms with E-state index < -0.39 is 0 Å². The monoisotopic (exact) mass is 326 g/mol. The molecule has 3 aromatic rings. The zero-order valence-electron chi connectivity index (χ0n) is 12.9. The van der Waals surface area contributed by atoms with Crippen LogP contribution in [0, 0.1) is 0 Å². The highest BCUT2D eigenvalue weighted by Gasteiger charge is 2.14. The van der Waals surface area contributed by atoms with Gasteiger partial charge in [-0.3, -0.25) is 4.79 Å². The fraction of sp³-hybridized carbons (Fsp3) is 0.222. The van der Waals surface area contributed by atoms with Crippen molar-refractivity contribution in [3.63, 3.8) is 0 Å². The maximum Gasteiger partial charge on any atom is 0.270 e. The predicted molar refractivity (Wildman–Crippen MR) is 91.5 cm³/mol. The number of aryl methyl sites for hydroxylation is 1. The first-order valence-corrected chi connectivity index (χ1v) is 8.44. The van der Waals surface area contributed by atoms with Crippen LogP contribution < -0.4 is 5.32 Å². The van der Waals surface area contributed by atoms with Gasteiger partial charge in [0.25, 0.3) is 5.91 Å². The van der Waals surface area contributed by atoms with E-state index in [0.29, 0.717) is 5.69 Å². The third-order valence-corrected chi connectivity index (χ3v) is 4.43. The summed E-state index contributed by atoms with van der Waals surface area (Å²) < 4.78 is 5.30. The van der Waals surface area contributed by atoms with Gasteiger partial charge in [-0.15, -0.1) is 11.3 Å². The largest absolute Gasteiger partial charge is 0.469 e. The molecule has 2 aromatic heterocycles. The van der Waals surface area contributed by atoms with Gasteiger partial charge in [0, 0.05) is 23.4 Å². The SMILES string of the molecule is CC(CCc1ccco1)NC(=O)c1csc(-c2ccccc2)n1. The van der Waals surface area contributed by atoms with E-state index in [1.807, 2.05) is 49.4 Å². The number of aromatic nitrogens is 1. The Bertz CT molecular complexity index is 750. The molecule has 0 fully saturated rings. The number of nitrogens with zero attached hydrogens (tertiary/aromatic N) is 1. The average Bonchev–Trinajstić information content (AvgIpc) is 3.25. The van der Waals surface area contributed by atoms with Gasteiger partial charge in [-0.2, -0.15) is 0 Å². The van der Waals surface area contributed by atoms with Crippen LogP contribution in [0.15, 0.2) is 58.5 Å². The van der Waals surface area contributed by atoms with Crippen LogP contribution >= 0.6 is 11.3 Å². The molecular formula is C18H18N2O2S. The van der Waals surface area contributed by atoms with Crippen molar-refractivity contribution in [2.75, 3.05) is 0 Å². The molecule has 0 aliphatic heterocycles. The van der Waals surface area contributed by atoms with E-state index in [1.54, 1.807) is 11.6 Å². The molecule has 2 heterocycles. The van der Waals surface area contributed by atoms with Crippen LogP contribution in [-0.4, -0.2) is 16.9 Å². The summed E-state index contributed by atoms with van der Waals surface area (Å²) in [6, 6.07) is 13.8. The highest BCUT2D eigenvalue weighted by molar-refractivity contribution is 7.13. The Morgan fingerprint density at radius 2 is 2.09 bits per heavy atom. The molecule has 0 aliphatic rings. The van der Waals surface area contributed by atoms with Crippen molar-refractivity contribution in [3.05, 3.63) is 65.6 Å². The van der Waals surface area contributed by atoms with Gasteiger partial charge in [0.05, 0.1) is 6.26 Å². The molecule has 118 valence electrons. The fourth-order valence-electron chi connectivity index (χ4n) is 2.27. The van der Waals surface area contributed by atoms with Gasteiger partial charge in [0.1, 0.15) is 16.5 Å². The molecule has 1 N–H and O–H groups in total. The minimum Gasteiger partial charge on any atom is -0.469 e. The van der Waals surface area contributed by atoms with Crippen molar-refractivity contribution in [3.8, 4) is 10.6 Å². The quantitative estimate of drug-likeness (QED) is 0.740. The molecule has 1 atom stereocenters. The number of amides is 1. The van der Waals surface area contributed by atoms with Crippen LogP contribution in [0.5, 0.6) is 0 Å². The predicted octanol–water partition coefficient (Wildman–Crippen LogP) is 4.15. The molecule has 5 heteroatoms. The minimum absolute atomic E-state index is 0.0643. The first-order chi connectivity index (χ1) is 11.2. The normalized spacial score (nSPS) is 12.0. The van der Waals surface area contributed by atoms with Gasteiger partial charge in [-0.25, -0.2) is 4.98 Å².